The highest BCUT2D eigenvalue weighted by molar-refractivity contribution is 6.30. The third kappa shape index (κ3) is 5.60. The van der Waals surface area contributed by atoms with Crippen LogP contribution < -0.4 is 0 Å². The summed E-state index contributed by atoms with van der Waals surface area (Å²) in [4.78, 5) is 4.98. The van der Waals surface area contributed by atoms with Crippen LogP contribution in [0.4, 0.5) is 4.39 Å². The maximum absolute atomic E-state index is 13.2. The molecule has 2 heterocycles. The molecule has 2 aromatic rings. The summed E-state index contributed by atoms with van der Waals surface area (Å²) in [7, 11) is 0. The number of piperidine rings is 1. The minimum absolute atomic E-state index is 0.124. The van der Waals surface area contributed by atoms with E-state index in [4.69, 9.17) is 16.3 Å². The van der Waals surface area contributed by atoms with Crippen molar-refractivity contribution in [3.05, 3.63) is 70.5 Å². The van der Waals surface area contributed by atoms with Gasteiger partial charge in [0.05, 0.1) is 18.3 Å². The van der Waals surface area contributed by atoms with Crippen LogP contribution in [0.5, 0.6) is 0 Å². The number of benzene rings is 2. The lowest BCUT2D eigenvalue weighted by molar-refractivity contribution is -0.127. The first-order chi connectivity index (χ1) is 15.7. The molecule has 0 unspecified atom stereocenters. The lowest BCUT2D eigenvalue weighted by Gasteiger charge is -2.51. The number of hydrogen-bond acceptors (Lipinski definition) is 4. The Morgan fingerprint density at radius 3 is 2.45 bits per heavy atom. The standard InChI is InChI=1S/C27H36ClFN2O2/c1-20-18-33-25(16-21-4-10-24(29)11-5-21)17-31(20)15-14-30-13-12-27(32,26(2,3)19-30)22-6-8-23(28)9-7-22/h4-11,20,25,32H,12-19H2,1-3H3/t20-,25-,27-/m0/s1. The Bertz CT molecular complexity index is 921. The summed E-state index contributed by atoms with van der Waals surface area (Å²) in [5.41, 5.74) is 0.915. The second-order valence-electron chi connectivity index (χ2n) is 10.4. The zero-order chi connectivity index (χ0) is 23.6. The molecule has 4 nitrogen and oxygen atoms in total. The van der Waals surface area contributed by atoms with Crippen molar-refractivity contribution in [2.45, 2.75) is 51.4 Å². The third-order valence-electron chi connectivity index (χ3n) is 7.56. The highest BCUT2D eigenvalue weighted by atomic mass is 35.5. The van der Waals surface area contributed by atoms with Crippen molar-refractivity contribution in [1.82, 2.24) is 9.80 Å². The van der Waals surface area contributed by atoms with Gasteiger partial charge in [-0.05, 0) is 55.2 Å². The number of morpholine rings is 1. The number of hydrogen-bond donors (Lipinski definition) is 1. The molecule has 2 fully saturated rings. The van der Waals surface area contributed by atoms with E-state index < -0.39 is 5.60 Å². The number of likely N-dealkylation sites (tertiary alicyclic amines) is 1. The Labute approximate surface area is 202 Å². The molecule has 0 aliphatic carbocycles. The zero-order valence-electron chi connectivity index (χ0n) is 19.9. The van der Waals surface area contributed by atoms with Crippen LogP contribution in [0.15, 0.2) is 48.5 Å². The first kappa shape index (κ1) is 24.6. The SMILES string of the molecule is C[C@H]1CO[C@@H](Cc2ccc(F)cc2)CN1CCN1CC[C@](O)(c2ccc(Cl)cc2)C(C)(C)C1. The minimum atomic E-state index is -0.861. The predicted octanol–water partition coefficient (Wildman–Crippen LogP) is 4.73. The fourth-order valence-corrected chi connectivity index (χ4v) is 5.47. The molecular weight excluding hydrogens is 439 g/mol. The van der Waals surface area contributed by atoms with Gasteiger partial charge in [0, 0.05) is 49.2 Å². The molecule has 2 aliphatic rings. The summed E-state index contributed by atoms with van der Waals surface area (Å²) in [6.45, 7) is 11.8. The minimum Gasteiger partial charge on any atom is -0.385 e. The average Bonchev–Trinajstić information content (AvgIpc) is 2.78. The van der Waals surface area contributed by atoms with Gasteiger partial charge in [-0.2, -0.15) is 0 Å². The maximum atomic E-state index is 13.2. The van der Waals surface area contributed by atoms with E-state index in [9.17, 15) is 9.50 Å². The molecule has 0 saturated carbocycles. The van der Waals surface area contributed by atoms with Gasteiger partial charge in [0.2, 0.25) is 0 Å². The molecule has 4 rings (SSSR count). The summed E-state index contributed by atoms with van der Waals surface area (Å²) < 4.78 is 19.3. The molecular formula is C27H36ClFN2O2. The van der Waals surface area contributed by atoms with Crippen LogP contribution in [-0.2, 0) is 16.8 Å². The monoisotopic (exact) mass is 474 g/mol. The fraction of sp³-hybridized carbons (Fsp3) is 0.556. The van der Waals surface area contributed by atoms with Crippen LogP contribution in [0.25, 0.3) is 0 Å². The Morgan fingerprint density at radius 2 is 1.79 bits per heavy atom. The summed E-state index contributed by atoms with van der Waals surface area (Å²) in [5.74, 6) is -0.203. The van der Waals surface area contributed by atoms with E-state index in [1.165, 1.54) is 12.1 Å². The quantitative estimate of drug-likeness (QED) is 0.656. The molecule has 2 aliphatic heterocycles. The maximum Gasteiger partial charge on any atom is 0.123 e. The topological polar surface area (TPSA) is 35.9 Å². The smallest absolute Gasteiger partial charge is 0.123 e. The van der Waals surface area contributed by atoms with Gasteiger partial charge in [0.15, 0.2) is 0 Å². The predicted molar refractivity (Wildman–Crippen MR) is 131 cm³/mol. The van der Waals surface area contributed by atoms with Gasteiger partial charge in [0.1, 0.15) is 5.82 Å². The van der Waals surface area contributed by atoms with Crippen molar-refractivity contribution >= 4 is 11.6 Å². The van der Waals surface area contributed by atoms with E-state index in [0.29, 0.717) is 24.1 Å². The number of halogens is 2. The highest BCUT2D eigenvalue weighted by Crippen LogP contribution is 2.46. The van der Waals surface area contributed by atoms with Gasteiger partial charge >= 0.3 is 0 Å². The molecule has 3 atom stereocenters. The van der Waals surface area contributed by atoms with E-state index in [-0.39, 0.29) is 17.3 Å². The lowest BCUT2D eigenvalue weighted by atomic mass is 9.66. The number of rotatable bonds is 6. The van der Waals surface area contributed by atoms with Gasteiger partial charge in [-0.1, -0.05) is 49.7 Å². The van der Waals surface area contributed by atoms with Crippen molar-refractivity contribution in [2.75, 3.05) is 39.3 Å². The van der Waals surface area contributed by atoms with Crippen LogP contribution in [0.3, 0.4) is 0 Å². The van der Waals surface area contributed by atoms with Crippen molar-refractivity contribution in [3.63, 3.8) is 0 Å². The van der Waals surface area contributed by atoms with Gasteiger partial charge in [-0.25, -0.2) is 4.39 Å². The van der Waals surface area contributed by atoms with Crippen LogP contribution in [0, 0.1) is 11.2 Å². The number of aliphatic hydroxyl groups is 1. The van der Waals surface area contributed by atoms with E-state index >= 15 is 0 Å². The molecule has 2 aromatic carbocycles. The van der Waals surface area contributed by atoms with E-state index in [1.807, 2.05) is 36.4 Å². The molecule has 0 bridgehead atoms. The van der Waals surface area contributed by atoms with E-state index in [0.717, 1.165) is 50.3 Å². The van der Waals surface area contributed by atoms with Crippen molar-refractivity contribution in [1.29, 1.82) is 0 Å². The summed E-state index contributed by atoms with van der Waals surface area (Å²) >= 11 is 6.06. The molecule has 0 spiro atoms. The average molecular weight is 475 g/mol. The number of ether oxygens (including phenoxy) is 1. The number of nitrogens with zero attached hydrogens (tertiary/aromatic N) is 2. The van der Waals surface area contributed by atoms with Gasteiger partial charge in [-0.15, -0.1) is 0 Å². The first-order valence-corrected chi connectivity index (χ1v) is 12.3. The molecule has 33 heavy (non-hydrogen) atoms. The van der Waals surface area contributed by atoms with E-state index in [1.54, 1.807) is 0 Å². The largest absolute Gasteiger partial charge is 0.385 e. The van der Waals surface area contributed by atoms with Crippen LogP contribution in [-0.4, -0.2) is 66.4 Å². The summed E-state index contributed by atoms with van der Waals surface area (Å²) in [5, 5.41) is 12.3. The zero-order valence-corrected chi connectivity index (χ0v) is 20.7. The fourth-order valence-electron chi connectivity index (χ4n) is 5.34. The second kappa shape index (κ2) is 10.0. The normalized spacial score (nSPS) is 28.7. The molecule has 1 N–H and O–H groups in total. The Hall–Kier alpha value is -1.50. The first-order valence-electron chi connectivity index (χ1n) is 12.0. The highest BCUT2D eigenvalue weighted by Gasteiger charge is 2.48. The molecule has 0 amide bonds. The van der Waals surface area contributed by atoms with Crippen molar-refractivity contribution in [3.8, 4) is 0 Å². The molecule has 0 aromatic heterocycles. The van der Waals surface area contributed by atoms with Gasteiger partial charge < -0.3 is 14.7 Å². The second-order valence-corrected chi connectivity index (χ2v) is 10.8. The summed E-state index contributed by atoms with van der Waals surface area (Å²) in [6, 6.07) is 14.7. The Balaban J connectivity index is 1.33. The van der Waals surface area contributed by atoms with E-state index in [2.05, 4.69) is 30.6 Å². The van der Waals surface area contributed by atoms with Crippen molar-refractivity contribution in [2.24, 2.45) is 5.41 Å². The third-order valence-corrected chi connectivity index (χ3v) is 7.82. The van der Waals surface area contributed by atoms with Crippen LogP contribution in [0.2, 0.25) is 5.02 Å². The molecule has 180 valence electrons. The van der Waals surface area contributed by atoms with Crippen molar-refractivity contribution < 1.29 is 14.2 Å². The van der Waals surface area contributed by atoms with Gasteiger partial charge in [-0.3, -0.25) is 4.90 Å². The van der Waals surface area contributed by atoms with Crippen LogP contribution >= 0.6 is 11.6 Å². The molecule has 2 saturated heterocycles. The Kier molecular flexibility index (Phi) is 7.47. The molecule has 6 heteroatoms. The van der Waals surface area contributed by atoms with Gasteiger partial charge in [0.25, 0.3) is 0 Å². The molecule has 0 radical (unpaired) electrons. The Morgan fingerprint density at radius 1 is 1.09 bits per heavy atom. The summed E-state index contributed by atoms with van der Waals surface area (Å²) in [6.07, 6.45) is 1.63. The van der Waals surface area contributed by atoms with Crippen LogP contribution in [0.1, 0.15) is 38.3 Å². The lowest BCUT2D eigenvalue weighted by Crippen LogP contribution is -2.57.